The molecular weight excluding hydrogens is 298 g/mol. The molecule has 112 valence electrons. The zero-order valence-electron chi connectivity index (χ0n) is 11.8. The molecule has 0 aliphatic carbocycles. The van der Waals surface area contributed by atoms with E-state index >= 15 is 0 Å². The number of amides is 1. The molecule has 0 saturated heterocycles. The van der Waals surface area contributed by atoms with Crippen molar-refractivity contribution in [3.8, 4) is 0 Å². The predicted molar refractivity (Wildman–Crippen MR) is 85.4 cm³/mol. The van der Waals surface area contributed by atoms with Crippen molar-refractivity contribution in [2.45, 2.75) is 6.04 Å². The SMILES string of the molecule is O=C(/C=C/c1ccsc1)NC[C@@H](c1ccco1)n1cccn1. The molecule has 0 unspecified atom stereocenters. The van der Waals surface area contributed by atoms with Gasteiger partial charge >= 0.3 is 0 Å². The van der Waals surface area contributed by atoms with E-state index in [1.807, 2.05) is 41.2 Å². The first-order valence-corrected chi connectivity index (χ1v) is 7.78. The Balaban J connectivity index is 1.63. The van der Waals surface area contributed by atoms with Crippen LogP contribution in [0.15, 0.2) is 64.2 Å². The van der Waals surface area contributed by atoms with Crippen LogP contribution in [0.1, 0.15) is 17.4 Å². The molecule has 0 aromatic carbocycles. The summed E-state index contributed by atoms with van der Waals surface area (Å²) in [6.45, 7) is 0.405. The minimum absolute atomic E-state index is 0.144. The third-order valence-electron chi connectivity index (χ3n) is 3.16. The van der Waals surface area contributed by atoms with Crippen LogP contribution in [0.25, 0.3) is 6.08 Å². The lowest BCUT2D eigenvalue weighted by Crippen LogP contribution is -2.30. The van der Waals surface area contributed by atoms with Gasteiger partial charge in [0.25, 0.3) is 0 Å². The largest absolute Gasteiger partial charge is 0.467 e. The number of carbonyl (C=O) groups excluding carboxylic acids is 1. The second kappa shape index (κ2) is 6.91. The topological polar surface area (TPSA) is 60.1 Å². The molecule has 3 aromatic heterocycles. The molecule has 0 bridgehead atoms. The van der Waals surface area contributed by atoms with E-state index in [1.165, 1.54) is 6.08 Å². The Kier molecular flexibility index (Phi) is 4.50. The van der Waals surface area contributed by atoms with Crippen molar-refractivity contribution in [2.24, 2.45) is 0 Å². The number of nitrogens with one attached hydrogen (secondary N) is 1. The van der Waals surface area contributed by atoms with Crippen LogP contribution in [-0.4, -0.2) is 22.2 Å². The molecule has 5 nitrogen and oxygen atoms in total. The van der Waals surface area contributed by atoms with Gasteiger partial charge in [-0.1, -0.05) is 0 Å². The second-order valence-electron chi connectivity index (χ2n) is 4.65. The maximum Gasteiger partial charge on any atom is 0.244 e. The van der Waals surface area contributed by atoms with Crippen LogP contribution in [0.5, 0.6) is 0 Å². The van der Waals surface area contributed by atoms with E-state index in [4.69, 9.17) is 4.42 Å². The first kappa shape index (κ1) is 14.3. The third kappa shape index (κ3) is 3.53. The first-order valence-electron chi connectivity index (χ1n) is 6.83. The standard InChI is InChI=1S/C16H15N3O2S/c20-16(5-4-13-6-10-22-12-13)17-11-14(15-3-1-9-21-15)19-8-2-7-18-19/h1-10,12,14H,11H2,(H,17,20)/b5-4+/t14-/m0/s1. The summed E-state index contributed by atoms with van der Waals surface area (Å²) in [5.74, 6) is 0.612. The van der Waals surface area contributed by atoms with Gasteiger partial charge in [-0.2, -0.15) is 16.4 Å². The molecule has 3 rings (SSSR count). The summed E-state index contributed by atoms with van der Waals surface area (Å²) in [7, 11) is 0. The van der Waals surface area contributed by atoms with E-state index in [2.05, 4.69) is 10.4 Å². The summed E-state index contributed by atoms with van der Waals surface area (Å²) in [6, 6.07) is 7.34. The molecule has 1 amide bonds. The Morgan fingerprint density at radius 2 is 2.41 bits per heavy atom. The highest BCUT2D eigenvalue weighted by Crippen LogP contribution is 2.17. The number of hydrogen-bond acceptors (Lipinski definition) is 4. The molecule has 0 saturated carbocycles. The highest BCUT2D eigenvalue weighted by molar-refractivity contribution is 7.08. The summed E-state index contributed by atoms with van der Waals surface area (Å²) in [6.07, 6.45) is 8.49. The number of aromatic nitrogens is 2. The minimum atomic E-state index is -0.163. The van der Waals surface area contributed by atoms with Gasteiger partial charge in [-0.15, -0.1) is 0 Å². The van der Waals surface area contributed by atoms with Crippen LogP contribution in [-0.2, 0) is 4.79 Å². The van der Waals surface area contributed by atoms with Gasteiger partial charge in [0.05, 0.1) is 6.26 Å². The fourth-order valence-electron chi connectivity index (χ4n) is 2.07. The molecule has 22 heavy (non-hydrogen) atoms. The fraction of sp³-hybridized carbons (Fsp3) is 0.125. The molecule has 3 heterocycles. The maximum absolute atomic E-state index is 11.9. The monoisotopic (exact) mass is 313 g/mol. The molecule has 0 radical (unpaired) electrons. The van der Waals surface area contributed by atoms with Gasteiger partial charge in [0.15, 0.2) is 0 Å². The highest BCUT2D eigenvalue weighted by Gasteiger charge is 2.17. The summed E-state index contributed by atoms with van der Waals surface area (Å²) < 4.78 is 7.21. The van der Waals surface area contributed by atoms with Crippen molar-refractivity contribution in [3.05, 3.63) is 71.1 Å². The molecular formula is C16H15N3O2S. The maximum atomic E-state index is 11.9. The number of hydrogen-bond donors (Lipinski definition) is 1. The molecule has 3 aromatic rings. The van der Waals surface area contributed by atoms with Gasteiger partial charge < -0.3 is 9.73 Å². The van der Waals surface area contributed by atoms with Crippen LogP contribution in [0, 0.1) is 0 Å². The van der Waals surface area contributed by atoms with Crippen molar-refractivity contribution in [1.29, 1.82) is 0 Å². The van der Waals surface area contributed by atoms with Crippen LogP contribution in [0.3, 0.4) is 0 Å². The van der Waals surface area contributed by atoms with Gasteiger partial charge in [-0.05, 0) is 46.7 Å². The Morgan fingerprint density at radius 1 is 1.45 bits per heavy atom. The van der Waals surface area contributed by atoms with Crippen LogP contribution in [0.2, 0.25) is 0 Å². The number of nitrogens with zero attached hydrogens (tertiary/aromatic N) is 2. The highest BCUT2D eigenvalue weighted by atomic mass is 32.1. The Labute approximate surface area is 131 Å². The molecule has 0 aliphatic heterocycles. The molecule has 0 fully saturated rings. The van der Waals surface area contributed by atoms with Crippen LogP contribution in [0.4, 0.5) is 0 Å². The van der Waals surface area contributed by atoms with Crippen molar-refractivity contribution in [1.82, 2.24) is 15.1 Å². The zero-order valence-corrected chi connectivity index (χ0v) is 12.6. The Hall–Kier alpha value is -2.60. The van der Waals surface area contributed by atoms with Crippen molar-refractivity contribution in [2.75, 3.05) is 6.54 Å². The Morgan fingerprint density at radius 3 is 3.09 bits per heavy atom. The second-order valence-corrected chi connectivity index (χ2v) is 5.43. The predicted octanol–water partition coefficient (Wildman–Crippen LogP) is 2.96. The molecule has 1 atom stereocenters. The number of thiophene rings is 1. The van der Waals surface area contributed by atoms with E-state index in [0.29, 0.717) is 6.54 Å². The molecule has 0 spiro atoms. The average Bonchev–Trinajstić information content (AvgIpc) is 3.27. The van der Waals surface area contributed by atoms with Gasteiger partial charge in [-0.3, -0.25) is 9.48 Å². The van der Waals surface area contributed by atoms with E-state index in [0.717, 1.165) is 11.3 Å². The lowest BCUT2D eigenvalue weighted by molar-refractivity contribution is -0.116. The molecule has 6 heteroatoms. The molecule has 0 aliphatic rings. The number of carbonyl (C=O) groups is 1. The van der Waals surface area contributed by atoms with Crippen molar-refractivity contribution in [3.63, 3.8) is 0 Å². The lowest BCUT2D eigenvalue weighted by atomic mass is 10.2. The van der Waals surface area contributed by atoms with Gasteiger partial charge in [0.1, 0.15) is 11.8 Å². The summed E-state index contributed by atoms with van der Waals surface area (Å²) in [5.41, 5.74) is 1.02. The van der Waals surface area contributed by atoms with Gasteiger partial charge in [0, 0.05) is 25.0 Å². The summed E-state index contributed by atoms with van der Waals surface area (Å²) >= 11 is 1.60. The van der Waals surface area contributed by atoms with Crippen LogP contribution >= 0.6 is 11.3 Å². The number of rotatable bonds is 6. The van der Waals surface area contributed by atoms with E-state index in [9.17, 15) is 4.79 Å². The summed E-state index contributed by atoms with van der Waals surface area (Å²) in [5, 5.41) is 11.1. The molecule has 1 N–H and O–H groups in total. The van der Waals surface area contributed by atoms with Crippen LogP contribution < -0.4 is 5.32 Å². The van der Waals surface area contributed by atoms with Crippen molar-refractivity contribution < 1.29 is 9.21 Å². The normalized spacial score (nSPS) is 12.5. The van der Waals surface area contributed by atoms with Crippen molar-refractivity contribution >= 4 is 23.3 Å². The minimum Gasteiger partial charge on any atom is -0.467 e. The fourth-order valence-corrected chi connectivity index (χ4v) is 2.70. The first-order chi connectivity index (χ1) is 10.8. The lowest BCUT2D eigenvalue weighted by Gasteiger charge is -2.15. The quantitative estimate of drug-likeness (QED) is 0.712. The van der Waals surface area contributed by atoms with Gasteiger partial charge in [0.2, 0.25) is 5.91 Å². The van der Waals surface area contributed by atoms with E-state index in [1.54, 1.807) is 34.6 Å². The zero-order chi connectivity index (χ0) is 15.2. The Bertz CT molecular complexity index is 681. The number of furan rings is 1. The van der Waals surface area contributed by atoms with Gasteiger partial charge in [-0.25, -0.2) is 0 Å². The smallest absolute Gasteiger partial charge is 0.244 e. The third-order valence-corrected chi connectivity index (χ3v) is 3.86. The van der Waals surface area contributed by atoms with E-state index < -0.39 is 0 Å². The average molecular weight is 313 g/mol. The summed E-state index contributed by atoms with van der Waals surface area (Å²) in [4.78, 5) is 11.9. The van der Waals surface area contributed by atoms with E-state index in [-0.39, 0.29) is 11.9 Å².